The van der Waals surface area contributed by atoms with E-state index in [1.807, 2.05) is 47.0 Å². The number of nitrogens with two attached hydrogens (primary N) is 2. The maximum atomic E-state index is 13.4. The summed E-state index contributed by atoms with van der Waals surface area (Å²) in [5, 5.41) is 18.1. The number of aromatic nitrogens is 1. The highest BCUT2D eigenvalue weighted by Gasteiger charge is 2.25. The average molecular weight is 488 g/mol. The number of fused-ring (bicyclic) bond motifs is 1. The Morgan fingerprint density at radius 1 is 1.06 bits per heavy atom. The maximum Gasteiger partial charge on any atom is 0.268 e. The Balaban J connectivity index is 1.44. The monoisotopic (exact) mass is 487 g/mol. The van der Waals surface area contributed by atoms with Gasteiger partial charge in [0.25, 0.3) is 5.91 Å². The molecular formula is C27H33N7O2. The van der Waals surface area contributed by atoms with Crippen molar-refractivity contribution in [1.29, 1.82) is 5.41 Å². The minimum Gasteiger partial charge on any atom is -0.384 e. The number of carbonyl (C=O) groups is 2. The van der Waals surface area contributed by atoms with Crippen molar-refractivity contribution in [2.75, 3.05) is 18.4 Å². The second-order valence-electron chi connectivity index (χ2n) is 9.93. The highest BCUT2D eigenvalue weighted by atomic mass is 16.2. The highest BCUT2D eigenvalue weighted by molar-refractivity contribution is 6.02. The standard InChI is InChI=1S/C27H33N7O2/c28-20-6-8-21(9-7-20)32-27(36)24-11-17-4-5-18(25(29)30)12-23(17)34(24)15-16-2-1-3-22(10-16)33-26(35)19-13-31-14-19/h1-5,10-12,19-21,31H,6-9,13-15,28H2,(H3,29,30)(H,32,36)(H,33,35)/t20-,21-. The van der Waals surface area contributed by atoms with Crippen molar-refractivity contribution in [2.24, 2.45) is 17.4 Å². The average Bonchev–Trinajstić information content (AvgIpc) is 3.17. The molecule has 36 heavy (non-hydrogen) atoms. The van der Waals surface area contributed by atoms with Crippen LogP contribution in [-0.4, -0.2) is 47.4 Å². The summed E-state index contributed by atoms with van der Waals surface area (Å²) in [6.45, 7) is 1.83. The predicted molar refractivity (Wildman–Crippen MR) is 141 cm³/mol. The lowest BCUT2D eigenvalue weighted by Crippen LogP contribution is -2.48. The van der Waals surface area contributed by atoms with Gasteiger partial charge in [-0.3, -0.25) is 15.0 Å². The number of hydrogen-bond donors (Lipinski definition) is 6. The van der Waals surface area contributed by atoms with Gasteiger partial charge >= 0.3 is 0 Å². The lowest BCUT2D eigenvalue weighted by atomic mass is 9.92. The molecule has 9 nitrogen and oxygen atoms in total. The second-order valence-corrected chi connectivity index (χ2v) is 9.93. The summed E-state index contributed by atoms with van der Waals surface area (Å²) in [5.74, 6) is -0.144. The zero-order valence-corrected chi connectivity index (χ0v) is 20.2. The molecule has 1 aliphatic heterocycles. The van der Waals surface area contributed by atoms with E-state index in [9.17, 15) is 9.59 Å². The second kappa shape index (κ2) is 10.1. The topological polar surface area (TPSA) is 151 Å². The zero-order chi connectivity index (χ0) is 25.2. The summed E-state index contributed by atoms with van der Waals surface area (Å²) in [5.41, 5.74) is 15.4. The van der Waals surface area contributed by atoms with Crippen LogP contribution in [0.1, 0.15) is 47.3 Å². The van der Waals surface area contributed by atoms with Crippen molar-refractivity contribution in [3.63, 3.8) is 0 Å². The van der Waals surface area contributed by atoms with Gasteiger partial charge in [0, 0.05) is 53.9 Å². The Hall–Kier alpha value is -3.69. The molecule has 5 rings (SSSR count). The van der Waals surface area contributed by atoms with Crippen LogP contribution in [0.25, 0.3) is 10.9 Å². The first kappa shape index (κ1) is 24.0. The van der Waals surface area contributed by atoms with E-state index in [0.29, 0.717) is 30.9 Å². The fraction of sp³-hybridized carbons (Fsp3) is 0.370. The molecule has 1 saturated heterocycles. The van der Waals surface area contributed by atoms with Gasteiger partial charge in [-0.25, -0.2) is 0 Å². The maximum absolute atomic E-state index is 13.4. The van der Waals surface area contributed by atoms with Crippen molar-refractivity contribution in [3.8, 4) is 0 Å². The molecule has 2 heterocycles. The Morgan fingerprint density at radius 3 is 2.53 bits per heavy atom. The molecule has 0 atom stereocenters. The smallest absolute Gasteiger partial charge is 0.268 e. The SMILES string of the molecule is N=C(N)c1ccc2cc(C(=O)N[C@H]3CC[C@H](N)CC3)n(Cc3cccc(NC(=O)C4CNC4)c3)c2c1. The predicted octanol–water partition coefficient (Wildman–Crippen LogP) is 2.13. The number of nitrogens with zero attached hydrogens (tertiary/aromatic N) is 1. The van der Waals surface area contributed by atoms with Gasteiger partial charge < -0.3 is 32.0 Å². The van der Waals surface area contributed by atoms with Crippen LogP contribution in [0.3, 0.4) is 0 Å². The van der Waals surface area contributed by atoms with Crippen LogP contribution in [0.2, 0.25) is 0 Å². The molecule has 2 amide bonds. The summed E-state index contributed by atoms with van der Waals surface area (Å²) in [6.07, 6.45) is 3.57. The van der Waals surface area contributed by atoms with E-state index in [1.54, 1.807) is 6.07 Å². The highest BCUT2D eigenvalue weighted by Crippen LogP contribution is 2.25. The van der Waals surface area contributed by atoms with Crippen molar-refractivity contribution in [2.45, 2.75) is 44.3 Å². The molecule has 9 heteroatoms. The fourth-order valence-corrected chi connectivity index (χ4v) is 4.95. The lowest BCUT2D eigenvalue weighted by molar-refractivity contribution is -0.121. The van der Waals surface area contributed by atoms with E-state index < -0.39 is 0 Å². The number of hydrogen-bond acceptors (Lipinski definition) is 5. The Morgan fingerprint density at radius 2 is 1.83 bits per heavy atom. The molecule has 2 fully saturated rings. The van der Waals surface area contributed by atoms with Crippen LogP contribution < -0.4 is 27.4 Å². The summed E-state index contributed by atoms with van der Waals surface area (Å²) in [6, 6.07) is 15.4. The summed E-state index contributed by atoms with van der Waals surface area (Å²) in [4.78, 5) is 25.8. The van der Waals surface area contributed by atoms with Crippen molar-refractivity contribution >= 4 is 34.2 Å². The Kier molecular flexibility index (Phi) is 6.75. The van der Waals surface area contributed by atoms with E-state index >= 15 is 0 Å². The number of nitrogens with one attached hydrogen (secondary N) is 4. The van der Waals surface area contributed by atoms with Gasteiger partial charge in [0.1, 0.15) is 11.5 Å². The fourth-order valence-electron chi connectivity index (χ4n) is 4.95. The summed E-state index contributed by atoms with van der Waals surface area (Å²) < 4.78 is 1.96. The third-order valence-corrected chi connectivity index (χ3v) is 7.24. The van der Waals surface area contributed by atoms with Gasteiger partial charge in [-0.2, -0.15) is 0 Å². The van der Waals surface area contributed by atoms with Gasteiger partial charge in [-0.1, -0.05) is 24.3 Å². The Labute approximate surface area is 210 Å². The molecule has 8 N–H and O–H groups in total. The first-order valence-electron chi connectivity index (χ1n) is 12.5. The number of amidine groups is 1. The van der Waals surface area contributed by atoms with E-state index in [0.717, 1.165) is 47.8 Å². The molecule has 1 saturated carbocycles. The largest absolute Gasteiger partial charge is 0.384 e. The van der Waals surface area contributed by atoms with Gasteiger partial charge in [-0.15, -0.1) is 0 Å². The van der Waals surface area contributed by atoms with E-state index in [4.69, 9.17) is 16.9 Å². The van der Waals surface area contributed by atoms with E-state index in [2.05, 4.69) is 16.0 Å². The minimum absolute atomic E-state index is 0.00307. The van der Waals surface area contributed by atoms with Crippen molar-refractivity contribution in [3.05, 3.63) is 65.4 Å². The first-order valence-corrected chi connectivity index (χ1v) is 12.5. The molecular weight excluding hydrogens is 454 g/mol. The molecule has 0 spiro atoms. The molecule has 2 aliphatic rings. The van der Waals surface area contributed by atoms with Gasteiger partial charge in [0.2, 0.25) is 5.91 Å². The van der Waals surface area contributed by atoms with E-state index in [1.165, 1.54) is 0 Å². The number of rotatable bonds is 7. The molecule has 0 radical (unpaired) electrons. The number of carbonyl (C=O) groups excluding carboxylic acids is 2. The quantitative estimate of drug-likeness (QED) is 0.223. The zero-order valence-electron chi connectivity index (χ0n) is 20.2. The van der Waals surface area contributed by atoms with Crippen LogP contribution in [0.4, 0.5) is 5.69 Å². The van der Waals surface area contributed by atoms with Crippen LogP contribution in [0, 0.1) is 11.3 Å². The van der Waals surface area contributed by atoms with Crippen LogP contribution >= 0.6 is 0 Å². The van der Waals surface area contributed by atoms with Crippen molar-refractivity contribution in [1.82, 2.24) is 15.2 Å². The third kappa shape index (κ3) is 5.12. The van der Waals surface area contributed by atoms with Gasteiger partial charge in [0.15, 0.2) is 0 Å². The van der Waals surface area contributed by atoms with Crippen LogP contribution in [-0.2, 0) is 11.3 Å². The molecule has 3 aromatic rings. The van der Waals surface area contributed by atoms with Crippen LogP contribution in [0.5, 0.6) is 0 Å². The lowest BCUT2D eigenvalue weighted by Gasteiger charge is -2.27. The van der Waals surface area contributed by atoms with E-state index in [-0.39, 0.29) is 35.7 Å². The molecule has 0 bridgehead atoms. The number of amides is 2. The normalized spacial score (nSPS) is 20.0. The van der Waals surface area contributed by atoms with Crippen molar-refractivity contribution < 1.29 is 9.59 Å². The molecule has 1 aromatic heterocycles. The van der Waals surface area contributed by atoms with Crippen LogP contribution in [0.15, 0.2) is 48.5 Å². The summed E-state index contributed by atoms with van der Waals surface area (Å²) in [7, 11) is 0. The third-order valence-electron chi connectivity index (χ3n) is 7.24. The molecule has 188 valence electrons. The van der Waals surface area contributed by atoms with Gasteiger partial charge in [0.05, 0.1) is 5.92 Å². The first-order chi connectivity index (χ1) is 17.4. The Bertz CT molecular complexity index is 1300. The number of anilines is 1. The minimum atomic E-state index is -0.127. The number of benzene rings is 2. The molecule has 1 aliphatic carbocycles. The molecule has 0 unspecified atom stereocenters. The molecule has 2 aromatic carbocycles. The number of nitrogen functional groups attached to an aromatic ring is 1. The van der Waals surface area contributed by atoms with Gasteiger partial charge in [-0.05, 0) is 55.5 Å². The summed E-state index contributed by atoms with van der Waals surface area (Å²) >= 11 is 0.